The SMILES string of the molecule is Cc1cccc(C(C)(C)C(N)=O)c1Br. The first kappa shape index (κ1) is 11.2. The van der Waals surface area contributed by atoms with Gasteiger partial charge in [0.25, 0.3) is 0 Å². The van der Waals surface area contributed by atoms with E-state index in [4.69, 9.17) is 5.73 Å². The lowest BCUT2D eigenvalue weighted by molar-refractivity contribution is -0.122. The van der Waals surface area contributed by atoms with Crippen LogP contribution in [-0.4, -0.2) is 5.91 Å². The highest BCUT2D eigenvalue weighted by molar-refractivity contribution is 9.10. The first-order valence-corrected chi connectivity index (χ1v) is 5.22. The van der Waals surface area contributed by atoms with Gasteiger partial charge >= 0.3 is 0 Å². The van der Waals surface area contributed by atoms with Crippen LogP contribution in [0.5, 0.6) is 0 Å². The molecule has 0 fully saturated rings. The molecule has 0 aliphatic carbocycles. The number of primary amides is 1. The zero-order chi connectivity index (χ0) is 10.9. The number of carbonyl (C=O) groups excluding carboxylic acids is 1. The van der Waals surface area contributed by atoms with Gasteiger partial charge in [0.15, 0.2) is 0 Å². The smallest absolute Gasteiger partial charge is 0.227 e. The number of halogens is 1. The zero-order valence-electron chi connectivity index (χ0n) is 8.60. The Morgan fingerprint density at radius 2 is 2.00 bits per heavy atom. The second-order valence-corrected chi connectivity index (χ2v) is 4.72. The number of hydrogen-bond donors (Lipinski definition) is 1. The van der Waals surface area contributed by atoms with Crippen LogP contribution >= 0.6 is 15.9 Å². The molecular formula is C11H14BrNO. The van der Waals surface area contributed by atoms with E-state index in [0.717, 1.165) is 15.6 Å². The molecule has 0 aliphatic heterocycles. The number of rotatable bonds is 2. The van der Waals surface area contributed by atoms with Gasteiger partial charge in [-0.05, 0) is 31.9 Å². The third-order valence-corrected chi connectivity index (χ3v) is 3.53. The van der Waals surface area contributed by atoms with E-state index in [1.54, 1.807) is 0 Å². The Kier molecular flexibility index (Phi) is 3.00. The molecule has 1 aromatic carbocycles. The number of aryl methyl sites for hydroxylation is 1. The molecule has 14 heavy (non-hydrogen) atoms. The van der Waals surface area contributed by atoms with Crippen molar-refractivity contribution in [1.82, 2.24) is 0 Å². The largest absolute Gasteiger partial charge is 0.369 e. The summed E-state index contributed by atoms with van der Waals surface area (Å²) in [5.74, 6) is -0.316. The predicted molar refractivity (Wildman–Crippen MR) is 61.1 cm³/mol. The van der Waals surface area contributed by atoms with Crippen molar-refractivity contribution in [3.8, 4) is 0 Å². The quantitative estimate of drug-likeness (QED) is 0.868. The molecule has 2 N–H and O–H groups in total. The number of carbonyl (C=O) groups is 1. The molecule has 3 heteroatoms. The fourth-order valence-corrected chi connectivity index (χ4v) is 2.02. The van der Waals surface area contributed by atoms with Crippen LogP contribution in [0.2, 0.25) is 0 Å². The molecule has 1 amide bonds. The maximum absolute atomic E-state index is 11.3. The minimum atomic E-state index is -0.634. The highest BCUT2D eigenvalue weighted by atomic mass is 79.9. The molecule has 76 valence electrons. The van der Waals surface area contributed by atoms with Crippen molar-refractivity contribution >= 4 is 21.8 Å². The fourth-order valence-electron chi connectivity index (χ4n) is 1.26. The summed E-state index contributed by atoms with van der Waals surface area (Å²) in [6.07, 6.45) is 0. The Hall–Kier alpha value is -0.830. The molecule has 0 aliphatic rings. The zero-order valence-corrected chi connectivity index (χ0v) is 10.2. The van der Waals surface area contributed by atoms with Crippen LogP contribution in [0.3, 0.4) is 0 Å². The Balaban J connectivity index is 3.33. The molecule has 1 rings (SSSR count). The lowest BCUT2D eigenvalue weighted by Crippen LogP contribution is -2.35. The summed E-state index contributed by atoms with van der Waals surface area (Å²) in [7, 11) is 0. The van der Waals surface area contributed by atoms with Crippen LogP contribution in [-0.2, 0) is 10.2 Å². The summed E-state index contributed by atoms with van der Waals surface area (Å²) >= 11 is 3.48. The summed E-state index contributed by atoms with van der Waals surface area (Å²) in [5, 5.41) is 0. The third kappa shape index (κ3) is 1.82. The van der Waals surface area contributed by atoms with E-state index in [2.05, 4.69) is 15.9 Å². The van der Waals surface area contributed by atoms with Crippen molar-refractivity contribution in [3.63, 3.8) is 0 Å². The predicted octanol–water partition coefficient (Wildman–Crippen LogP) is 2.52. The first-order valence-electron chi connectivity index (χ1n) is 4.43. The summed E-state index contributed by atoms with van der Waals surface area (Å²) in [6.45, 7) is 5.65. The molecule has 0 spiro atoms. The van der Waals surface area contributed by atoms with E-state index in [9.17, 15) is 4.79 Å². The van der Waals surface area contributed by atoms with E-state index < -0.39 is 5.41 Å². The molecule has 0 radical (unpaired) electrons. The van der Waals surface area contributed by atoms with Gasteiger partial charge in [0.05, 0.1) is 5.41 Å². The Labute approximate surface area is 92.6 Å². The summed E-state index contributed by atoms with van der Waals surface area (Å²) < 4.78 is 0.962. The molecular weight excluding hydrogens is 242 g/mol. The molecule has 0 atom stereocenters. The molecule has 0 unspecified atom stereocenters. The second-order valence-electron chi connectivity index (χ2n) is 3.93. The topological polar surface area (TPSA) is 43.1 Å². The maximum Gasteiger partial charge on any atom is 0.227 e. The van der Waals surface area contributed by atoms with E-state index >= 15 is 0 Å². The van der Waals surface area contributed by atoms with Crippen LogP contribution in [0.1, 0.15) is 25.0 Å². The molecule has 0 heterocycles. The lowest BCUT2D eigenvalue weighted by Gasteiger charge is -2.23. The number of hydrogen-bond acceptors (Lipinski definition) is 1. The van der Waals surface area contributed by atoms with E-state index in [1.165, 1.54) is 0 Å². The van der Waals surface area contributed by atoms with Crippen molar-refractivity contribution in [3.05, 3.63) is 33.8 Å². The molecule has 0 saturated heterocycles. The summed E-state index contributed by atoms with van der Waals surface area (Å²) in [5.41, 5.74) is 6.77. The maximum atomic E-state index is 11.3. The van der Waals surface area contributed by atoms with Gasteiger partial charge in [-0.2, -0.15) is 0 Å². The molecule has 2 nitrogen and oxygen atoms in total. The Morgan fingerprint density at radius 1 is 1.43 bits per heavy atom. The fraction of sp³-hybridized carbons (Fsp3) is 0.364. The van der Waals surface area contributed by atoms with Crippen LogP contribution in [0, 0.1) is 6.92 Å². The van der Waals surface area contributed by atoms with Crippen LogP contribution in [0.15, 0.2) is 22.7 Å². The van der Waals surface area contributed by atoms with Gasteiger partial charge in [0.2, 0.25) is 5.91 Å². The Morgan fingerprint density at radius 3 is 2.50 bits per heavy atom. The first-order chi connectivity index (χ1) is 6.37. The number of nitrogens with two attached hydrogens (primary N) is 1. The van der Waals surface area contributed by atoms with Gasteiger partial charge in [-0.15, -0.1) is 0 Å². The van der Waals surface area contributed by atoms with Gasteiger partial charge in [-0.3, -0.25) is 4.79 Å². The van der Waals surface area contributed by atoms with E-state index in [-0.39, 0.29) is 5.91 Å². The minimum absolute atomic E-state index is 0.316. The number of benzene rings is 1. The minimum Gasteiger partial charge on any atom is -0.369 e. The second kappa shape index (κ2) is 3.73. The van der Waals surface area contributed by atoms with Crippen molar-refractivity contribution in [2.75, 3.05) is 0 Å². The van der Waals surface area contributed by atoms with Crippen LogP contribution < -0.4 is 5.73 Å². The van der Waals surface area contributed by atoms with Crippen molar-refractivity contribution < 1.29 is 4.79 Å². The average Bonchev–Trinajstić information content (AvgIpc) is 2.09. The lowest BCUT2D eigenvalue weighted by atomic mass is 9.83. The summed E-state index contributed by atoms with van der Waals surface area (Å²) in [4.78, 5) is 11.3. The van der Waals surface area contributed by atoms with Crippen molar-refractivity contribution in [2.45, 2.75) is 26.2 Å². The van der Waals surface area contributed by atoms with Gasteiger partial charge in [0, 0.05) is 4.47 Å². The van der Waals surface area contributed by atoms with Crippen LogP contribution in [0.25, 0.3) is 0 Å². The van der Waals surface area contributed by atoms with Gasteiger partial charge < -0.3 is 5.73 Å². The van der Waals surface area contributed by atoms with Gasteiger partial charge in [-0.1, -0.05) is 34.1 Å². The summed E-state index contributed by atoms with van der Waals surface area (Å²) in [6, 6.07) is 5.84. The van der Waals surface area contributed by atoms with Crippen molar-refractivity contribution in [1.29, 1.82) is 0 Å². The van der Waals surface area contributed by atoms with Crippen molar-refractivity contribution in [2.24, 2.45) is 5.73 Å². The average molecular weight is 256 g/mol. The normalized spacial score (nSPS) is 11.4. The number of amides is 1. The molecule has 0 bridgehead atoms. The monoisotopic (exact) mass is 255 g/mol. The van der Waals surface area contributed by atoms with Gasteiger partial charge in [0.1, 0.15) is 0 Å². The Bertz CT molecular complexity index is 372. The van der Waals surface area contributed by atoms with E-state index in [1.807, 2.05) is 39.0 Å². The van der Waals surface area contributed by atoms with Gasteiger partial charge in [-0.25, -0.2) is 0 Å². The standard InChI is InChI=1S/C11H14BrNO/c1-7-5-4-6-8(9(7)12)11(2,3)10(13)14/h4-6H,1-3H3,(H2,13,14). The molecule has 0 aromatic heterocycles. The molecule has 0 saturated carbocycles. The third-order valence-electron chi connectivity index (χ3n) is 2.48. The van der Waals surface area contributed by atoms with Crippen LogP contribution in [0.4, 0.5) is 0 Å². The van der Waals surface area contributed by atoms with E-state index in [0.29, 0.717) is 0 Å². The molecule has 1 aromatic rings. The highest BCUT2D eigenvalue weighted by Gasteiger charge is 2.29. The highest BCUT2D eigenvalue weighted by Crippen LogP contribution is 2.31.